The summed E-state index contributed by atoms with van der Waals surface area (Å²) in [6.07, 6.45) is 2.45. The smallest absolute Gasteiger partial charge is 0.314 e. The molecule has 0 aliphatic heterocycles. The maximum Gasteiger partial charge on any atom is 0.314 e. The van der Waals surface area contributed by atoms with Crippen molar-refractivity contribution in [1.82, 2.24) is 10.6 Å². The lowest BCUT2D eigenvalue weighted by molar-refractivity contribution is -0.137. The Morgan fingerprint density at radius 1 is 1.07 bits per heavy atom. The standard InChI is InChI=1S/C9H19N3O3/c10-5-7-12-9(15)11-6-3-1-2-4-8(13)14/h1-7,10H2,(H,13,14)(H2,11,12,15). The molecule has 0 aromatic rings. The van der Waals surface area contributed by atoms with E-state index >= 15 is 0 Å². The van der Waals surface area contributed by atoms with Gasteiger partial charge in [0, 0.05) is 26.1 Å². The molecule has 88 valence electrons. The van der Waals surface area contributed by atoms with Crippen LogP contribution in [0.15, 0.2) is 0 Å². The number of hydrogen-bond donors (Lipinski definition) is 4. The van der Waals surface area contributed by atoms with E-state index in [4.69, 9.17) is 10.8 Å². The number of urea groups is 1. The number of carboxylic acids is 1. The van der Waals surface area contributed by atoms with Crippen LogP contribution in [0.1, 0.15) is 25.7 Å². The highest BCUT2D eigenvalue weighted by Crippen LogP contribution is 1.98. The van der Waals surface area contributed by atoms with Crippen molar-refractivity contribution >= 4 is 12.0 Å². The molecule has 15 heavy (non-hydrogen) atoms. The number of unbranched alkanes of at least 4 members (excludes halogenated alkanes) is 2. The van der Waals surface area contributed by atoms with Crippen molar-refractivity contribution in [3.63, 3.8) is 0 Å². The molecule has 0 saturated carbocycles. The fraction of sp³-hybridized carbons (Fsp3) is 0.778. The zero-order valence-corrected chi connectivity index (χ0v) is 8.79. The van der Waals surface area contributed by atoms with Crippen LogP contribution >= 0.6 is 0 Å². The molecular formula is C9H19N3O3. The molecule has 6 nitrogen and oxygen atoms in total. The zero-order chi connectivity index (χ0) is 11.5. The van der Waals surface area contributed by atoms with Gasteiger partial charge >= 0.3 is 12.0 Å². The molecule has 0 aliphatic carbocycles. The quantitative estimate of drug-likeness (QED) is 0.426. The third kappa shape index (κ3) is 10.6. The molecule has 0 bridgehead atoms. The van der Waals surface area contributed by atoms with Crippen molar-refractivity contribution in [3.05, 3.63) is 0 Å². The molecule has 0 spiro atoms. The van der Waals surface area contributed by atoms with E-state index < -0.39 is 5.97 Å². The first kappa shape index (κ1) is 13.7. The van der Waals surface area contributed by atoms with Crippen molar-refractivity contribution in [2.75, 3.05) is 19.6 Å². The average Bonchev–Trinajstić information content (AvgIpc) is 2.19. The van der Waals surface area contributed by atoms with Crippen LogP contribution < -0.4 is 16.4 Å². The van der Waals surface area contributed by atoms with Crippen LogP contribution in [0.25, 0.3) is 0 Å². The SMILES string of the molecule is NCCNC(=O)NCCCCCC(=O)O. The Morgan fingerprint density at radius 2 is 1.73 bits per heavy atom. The summed E-state index contributed by atoms with van der Waals surface area (Å²) in [7, 11) is 0. The van der Waals surface area contributed by atoms with E-state index in [1.807, 2.05) is 0 Å². The van der Waals surface area contributed by atoms with Gasteiger partial charge < -0.3 is 21.5 Å². The molecule has 0 fully saturated rings. The Morgan fingerprint density at radius 3 is 2.33 bits per heavy atom. The van der Waals surface area contributed by atoms with Gasteiger partial charge in [0.2, 0.25) is 0 Å². The van der Waals surface area contributed by atoms with Crippen LogP contribution in [-0.4, -0.2) is 36.7 Å². The third-order valence-corrected chi connectivity index (χ3v) is 1.78. The summed E-state index contributed by atoms with van der Waals surface area (Å²) >= 11 is 0. The number of carbonyl (C=O) groups is 2. The van der Waals surface area contributed by atoms with Gasteiger partial charge in [0.15, 0.2) is 0 Å². The number of hydrogen-bond acceptors (Lipinski definition) is 3. The lowest BCUT2D eigenvalue weighted by atomic mass is 10.2. The summed E-state index contributed by atoms with van der Waals surface area (Å²) < 4.78 is 0. The van der Waals surface area contributed by atoms with Gasteiger partial charge in [0.1, 0.15) is 0 Å². The van der Waals surface area contributed by atoms with Gasteiger partial charge in [0.05, 0.1) is 0 Å². The highest BCUT2D eigenvalue weighted by atomic mass is 16.4. The number of amides is 2. The van der Waals surface area contributed by atoms with Crippen LogP contribution in [-0.2, 0) is 4.79 Å². The first-order valence-electron chi connectivity index (χ1n) is 5.10. The second-order valence-corrected chi connectivity index (χ2v) is 3.18. The molecule has 0 radical (unpaired) electrons. The molecule has 2 amide bonds. The molecule has 0 rings (SSSR count). The van der Waals surface area contributed by atoms with Gasteiger partial charge in [-0.3, -0.25) is 4.79 Å². The van der Waals surface area contributed by atoms with Gasteiger partial charge in [-0.2, -0.15) is 0 Å². The molecule has 0 aromatic carbocycles. The second kappa shape index (κ2) is 9.26. The van der Waals surface area contributed by atoms with E-state index in [1.54, 1.807) is 0 Å². The minimum absolute atomic E-state index is 0.194. The number of nitrogens with one attached hydrogen (secondary N) is 2. The van der Waals surface area contributed by atoms with E-state index in [0.717, 1.165) is 12.8 Å². The Bertz CT molecular complexity index is 197. The first-order chi connectivity index (χ1) is 7.16. The molecule has 5 N–H and O–H groups in total. The number of carbonyl (C=O) groups excluding carboxylic acids is 1. The van der Waals surface area contributed by atoms with Crippen LogP contribution in [0.2, 0.25) is 0 Å². The summed E-state index contributed by atoms with van der Waals surface area (Å²) in [5.74, 6) is -0.774. The molecule has 0 aliphatic rings. The van der Waals surface area contributed by atoms with Gasteiger partial charge in [-0.1, -0.05) is 6.42 Å². The van der Waals surface area contributed by atoms with Crippen molar-refractivity contribution in [3.8, 4) is 0 Å². The zero-order valence-electron chi connectivity index (χ0n) is 8.79. The van der Waals surface area contributed by atoms with Crippen molar-refractivity contribution in [1.29, 1.82) is 0 Å². The van der Waals surface area contributed by atoms with Crippen molar-refractivity contribution in [2.24, 2.45) is 5.73 Å². The van der Waals surface area contributed by atoms with Crippen LogP contribution in [0.3, 0.4) is 0 Å². The molecular weight excluding hydrogens is 198 g/mol. The Labute approximate surface area is 89.2 Å². The summed E-state index contributed by atoms with van der Waals surface area (Å²) in [6.45, 7) is 1.45. The van der Waals surface area contributed by atoms with Crippen molar-refractivity contribution < 1.29 is 14.7 Å². The summed E-state index contributed by atoms with van der Waals surface area (Å²) in [4.78, 5) is 21.1. The van der Waals surface area contributed by atoms with E-state index in [2.05, 4.69) is 10.6 Å². The number of rotatable bonds is 8. The molecule has 6 heteroatoms. The summed E-state index contributed by atoms with van der Waals surface area (Å²) in [6, 6.07) is -0.223. The monoisotopic (exact) mass is 217 g/mol. The van der Waals surface area contributed by atoms with E-state index in [9.17, 15) is 9.59 Å². The number of aliphatic carboxylic acids is 1. The minimum Gasteiger partial charge on any atom is -0.481 e. The van der Waals surface area contributed by atoms with Crippen LogP contribution in [0, 0.1) is 0 Å². The molecule has 0 aromatic heterocycles. The highest BCUT2D eigenvalue weighted by molar-refractivity contribution is 5.73. The average molecular weight is 217 g/mol. The van der Waals surface area contributed by atoms with Gasteiger partial charge in [-0.05, 0) is 12.8 Å². The lowest BCUT2D eigenvalue weighted by Crippen LogP contribution is -2.38. The molecule has 0 saturated heterocycles. The minimum atomic E-state index is -0.774. The molecule has 0 unspecified atom stereocenters. The maximum atomic E-state index is 11.0. The van der Waals surface area contributed by atoms with E-state index in [1.165, 1.54) is 0 Å². The summed E-state index contributed by atoms with van der Waals surface area (Å²) in [5, 5.41) is 13.6. The Hall–Kier alpha value is -1.30. The predicted molar refractivity (Wildman–Crippen MR) is 56.6 cm³/mol. The predicted octanol–water partition coefficient (Wildman–Crippen LogP) is -0.111. The van der Waals surface area contributed by atoms with E-state index in [0.29, 0.717) is 26.1 Å². The fourth-order valence-corrected chi connectivity index (χ4v) is 1.03. The highest BCUT2D eigenvalue weighted by Gasteiger charge is 1.98. The second-order valence-electron chi connectivity index (χ2n) is 3.18. The third-order valence-electron chi connectivity index (χ3n) is 1.78. The van der Waals surface area contributed by atoms with Crippen LogP contribution in [0.4, 0.5) is 4.79 Å². The van der Waals surface area contributed by atoms with Crippen LogP contribution in [0.5, 0.6) is 0 Å². The van der Waals surface area contributed by atoms with Gasteiger partial charge in [0.25, 0.3) is 0 Å². The largest absolute Gasteiger partial charge is 0.481 e. The molecule has 0 heterocycles. The Balaban J connectivity index is 3.16. The fourth-order valence-electron chi connectivity index (χ4n) is 1.03. The van der Waals surface area contributed by atoms with Crippen molar-refractivity contribution in [2.45, 2.75) is 25.7 Å². The van der Waals surface area contributed by atoms with E-state index in [-0.39, 0.29) is 12.5 Å². The van der Waals surface area contributed by atoms with Gasteiger partial charge in [-0.15, -0.1) is 0 Å². The number of carboxylic acid groups (broad SMARTS) is 1. The van der Waals surface area contributed by atoms with Gasteiger partial charge in [-0.25, -0.2) is 4.79 Å². The topological polar surface area (TPSA) is 104 Å². The number of nitrogens with two attached hydrogens (primary N) is 1. The lowest BCUT2D eigenvalue weighted by Gasteiger charge is -2.05. The Kier molecular flexibility index (Phi) is 8.46. The normalized spacial score (nSPS) is 9.67. The summed E-state index contributed by atoms with van der Waals surface area (Å²) in [5.41, 5.74) is 5.20. The molecule has 0 atom stereocenters. The maximum absolute atomic E-state index is 11.0. The first-order valence-corrected chi connectivity index (χ1v) is 5.10.